The van der Waals surface area contributed by atoms with Crippen molar-refractivity contribution in [3.63, 3.8) is 0 Å². The number of carbonyl (C=O) groups excluding carboxylic acids is 1. The Morgan fingerprint density at radius 3 is 2.54 bits per heavy atom. The van der Waals surface area contributed by atoms with Crippen molar-refractivity contribution in [2.75, 3.05) is 45.2 Å². The van der Waals surface area contributed by atoms with Crippen LogP contribution in [0, 0.1) is 6.92 Å². The first kappa shape index (κ1) is 24.3. The van der Waals surface area contributed by atoms with Gasteiger partial charge >= 0.3 is 0 Å². The SMILES string of the molecule is CCN1CCN(C(=O)c2cccc(Nc3c(Oc4ccc(C)cc4OC)cnn(C)c3=O)c2)CC1. The zero-order valence-electron chi connectivity index (χ0n) is 20.6. The largest absolute Gasteiger partial charge is 0.493 e. The molecule has 1 fully saturated rings. The van der Waals surface area contributed by atoms with E-state index in [1.165, 1.54) is 10.9 Å². The number of hydrogen-bond acceptors (Lipinski definition) is 7. The number of amides is 1. The van der Waals surface area contributed by atoms with Gasteiger partial charge in [0.2, 0.25) is 0 Å². The van der Waals surface area contributed by atoms with Gasteiger partial charge in [0.1, 0.15) is 0 Å². The standard InChI is InChI=1S/C26H31N5O4/c1-5-30-11-13-31(14-12-30)25(32)19-7-6-8-20(16-19)28-24-23(17-27-29(3)26(24)33)35-21-10-9-18(2)15-22(21)34-4/h6-10,15-17,28H,5,11-14H2,1-4H3. The molecule has 0 bridgehead atoms. The molecule has 0 atom stereocenters. The lowest BCUT2D eigenvalue weighted by molar-refractivity contribution is 0.0643. The highest BCUT2D eigenvalue weighted by Gasteiger charge is 2.22. The smallest absolute Gasteiger partial charge is 0.294 e. The van der Waals surface area contributed by atoms with Gasteiger partial charge in [-0.15, -0.1) is 0 Å². The summed E-state index contributed by atoms with van der Waals surface area (Å²) in [7, 11) is 3.13. The van der Waals surface area contributed by atoms with Gasteiger partial charge in [-0.3, -0.25) is 9.59 Å². The molecule has 1 aliphatic heterocycles. The van der Waals surface area contributed by atoms with Crippen molar-refractivity contribution >= 4 is 17.3 Å². The van der Waals surface area contributed by atoms with E-state index < -0.39 is 0 Å². The molecule has 2 heterocycles. The summed E-state index contributed by atoms with van der Waals surface area (Å²) in [5.41, 5.74) is 2.04. The number of nitrogens with zero attached hydrogens (tertiary/aromatic N) is 4. The highest BCUT2D eigenvalue weighted by molar-refractivity contribution is 5.95. The van der Waals surface area contributed by atoms with Gasteiger partial charge in [-0.25, -0.2) is 4.68 Å². The molecule has 3 aromatic rings. The van der Waals surface area contributed by atoms with Crippen LogP contribution in [0.25, 0.3) is 0 Å². The molecule has 0 spiro atoms. The minimum Gasteiger partial charge on any atom is -0.493 e. The predicted molar refractivity (Wildman–Crippen MR) is 135 cm³/mol. The lowest BCUT2D eigenvalue weighted by atomic mass is 10.1. The molecule has 1 N–H and O–H groups in total. The Morgan fingerprint density at radius 1 is 1.06 bits per heavy atom. The van der Waals surface area contributed by atoms with Crippen LogP contribution in [0.15, 0.2) is 53.5 Å². The molecule has 2 aromatic carbocycles. The van der Waals surface area contributed by atoms with Crippen LogP contribution in [-0.4, -0.2) is 65.3 Å². The molecule has 0 aliphatic carbocycles. The monoisotopic (exact) mass is 477 g/mol. The van der Waals surface area contributed by atoms with E-state index in [0.29, 0.717) is 35.8 Å². The molecule has 35 heavy (non-hydrogen) atoms. The van der Waals surface area contributed by atoms with Gasteiger partial charge in [0.25, 0.3) is 11.5 Å². The Balaban J connectivity index is 1.59. The summed E-state index contributed by atoms with van der Waals surface area (Å²) in [4.78, 5) is 30.3. The van der Waals surface area contributed by atoms with Crippen molar-refractivity contribution in [1.82, 2.24) is 19.6 Å². The van der Waals surface area contributed by atoms with E-state index in [0.717, 1.165) is 25.2 Å². The fourth-order valence-corrected chi connectivity index (χ4v) is 4.02. The van der Waals surface area contributed by atoms with Gasteiger partial charge in [-0.2, -0.15) is 5.10 Å². The van der Waals surface area contributed by atoms with Crippen LogP contribution in [0.1, 0.15) is 22.8 Å². The molecule has 9 nitrogen and oxygen atoms in total. The van der Waals surface area contributed by atoms with E-state index >= 15 is 0 Å². The fraction of sp³-hybridized carbons (Fsp3) is 0.346. The van der Waals surface area contributed by atoms with E-state index in [1.54, 1.807) is 38.4 Å². The van der Waals surface area contributed by atoms with Crippen LogP contribution in [0.5, 0.6) is 17.2 Å². The Morgan fingerprint density at radius 2 is 1.83 bits per heavy atom. The molecule has 1 saturated heterocycles. The average Bonchev–Trinajstić information content (AvgIpc) is 2.89. The van der Waals surface area contributed by atoms with Gasteiger partial charge < -0.3 is 24.6 Å². The number of nitrogens with one attached hydrogen (secondary N) is 1. The zero-order chi connectivity index (χ0) is 24.9. The number of methoxy groups -OCH3 is 1. The average molecular weight is 478 g/mol. The first-order valence-electron chi connectivity index (χ1n) is 11.7. The minimum atomic E-state index is -0.360. The van der Waals surface area contributed by atoms with Gasteiger partial charge in [0.05, 0.1) is 13.3 Å². The van der Waals surface area contributed by atoms with Crippen molar-refractivity contribution in [2.24, 2.45) is 7.05 Å². The summed E-state index contributed by atoms with van der Waals surface area (Å²) in [6.45, 7) is 8.21. The number of aryl methyl sites for hydroxylation is 2. The van der Waals surface area contributed by atoms with Crippen LogP contribution in [0.2, 0.25) is 0 Å². The lowest BCUT2D eigenvalue weighted by Crippen LogP contribution is -2.48. The maximum atomic E-state index is 13.1. The summed E-state index contributed by atoms with van der Waals surface area (Å²) in [5, 5.41) is 7.25. The second kappa shape index (κ2) is 10.6. The molecule has 9 heteroatoms. The number of ether oxygens (including phenoxy) is 2. The summed E-state index contributed by atoms with van der Waals surface area (Å²) in [5.74, 6) is 1.24. The molecule has 1 amide bonds. The third kappa shape index (κ3) is 5.46. The van der Waals surface area contributed by atoms with Gasteiger partial charge in [-0.05, 0) is 49.4 Å². The van der Waals surface area contributed by atoms with E-state index in [1.807, 2.05) is 30.0 Å². The van der Waals surface area contributed by atoms with Crippen molar-refractivity contribution in [1.29, 1.82) is 0 Å². The quantitative estimate of drug-likeness (QED) is 0.558. The van der Waals surface area contributed by atoms with Crippen molar-refractivity contribution < 1.29 is 14.3 Å². The topological polar surface area (TPSA) is 88.9 Å². The van der Waals surface area contributed by atoms with Crippen molar-refractivity contribution in [2.45, 2.75) is 13.8 Å². The van der Waals surface area contributed by atoms with Crippen LogP contribution >= 0.6 is 0 Å². The van der Waals surface area contributed by atoms with Crippen molar-refractivity contribution in [3.8, 4) is 17.2 Å². The van der Waals surface area contributed by atoms with Crippen LogP contribution in [0.3, 0.4) is 0 Å². The molecule has 1 aromatic heterocycles. The van der Waals surface area contributed by atoms with E-state index in [2.05, 4.69) is 22.2 Å². The molecule has 184 valence electrons. The van der Waals surface area contributed by atoms with Gasteiger partial charge in [0.15, 0.2) is 22.9 Å². The van der Waals surface area contributed by atoms with E-state index in [-0.39, 0.29) is 22.9 Å². The molecule has 4 rings (SSSR count). The van der Waals surface area contributed by atoms with E-state index in [4.69, 9.17) is 9.47 Å². The number of hydrogen-bond donors (Lipinski definition) is 1. The zero-order valence-corrected chi connectivity index (χ0v) is 20.6. The Hall–Kier alpha value is -3.85. The van der Waals surface area contributed by atoms with Crippen LogP contribution < -0.4 is 20.3 Å². The molecular weight excluding hydrogens is 446 g/mol. The maximum absolute atomic E-state index is 13.1. The summed E-state index contributed by atoms with van der Waals surface area (Å²) in [6, 6.07) is 12.7. The van der Waals surface area contributed by atoms with Crippen LogP contribution in [0.4, 0.5) is 11.4 Å². The molecule has 1 aliphatic rings. The highest BCUT2D eigenvalue weighted by atomic mass is 16.5. The van der Waals surface area contributed by atoms with Crippen molar-refractivity contribution in [3.05, 3.63) is 70.1 Å². The number of rotatable bonds is 7. The second-order valence-corrected chi connectivity index (χ2v) is 8.50. The summed E-state index contributed by atoms with van der Waals surface area (Å²) in [6.07, 6.45) is 1.48. The number of piperazine rings is 1. The number of anilines is 2. The summed E-state index contributed by atoms with van der Waals surface area (Å²) < 4.78 is 12.7. The number of benzene rings is 2. The third-order valence-corrected chi connectivity index (χ3v) is 6.13. The molecule has 0 unspecified atom stereocenters. The highest BCUT2D eigenvalue weighted by Crippen LogP contribution is 2.35. The van der Waals surface area contributed by atoms with Gasteiger partial charge in [-0.1, -0.05) is 19.1 Å². The first-order chi connectivity index (χ1) is 16.9. The Kier molecular flexibility index (Phi) is 7.36. The molecular formula is C26H31N5O4. The fourth-order valence-electron chi connectivity index (χ4n) is 4.02. The summed E-state index contributed by atoms with van der Waals surface area (Å²) >= 11 is 0. The predicted octanol–water partition coefficient (Wildman–Crippen LogP) is 3.41. The van der Waals surface area contributed by atoms with Crippen LogP contribution in [-0.2, 0) is 7.05 Å². The third-order valence-electron chi connectivity index (χ3n) is 6.13. The molecule has 0 radical (unpaired) electrons. The number of aromatic nitrogens is 2. The Bertz CT molecular complexity index is 1260. The maximum Gasteiger partial charge on any atom is 0.294 e. The molecule has 0 saturated carbocycles. The minimum absolute atomic E-state index is 0.0205. The van der Waals surface area contributed by atoms with E-state index in [9.17, 15) is 9.59 Å². The Labute approximate surface area is 204 Å². The lowest BCUT2D eigenvalue weighted by Gasteiger charge is -2.34. The van der Waals surface area contributed by atoms with Gasteiger partial charge in [0, 0.05) is 44.5 Å². The number of carbonyl (C=O) groups is 1. The normalized spacial score (nSPS) is 14.0. The second-order valence-electron chi connectivity index (χ2n) is 8.50. The first-order valence-corrected chi connectivity index (χ1v) is 11.7. The number of likely N-dealkylation sites (N-methyl/N-ethyl adjacent to an activating group) is 1.